The van der Waals surface area contributed by atoms with Gasteiger partial charge in [-0.05, 0) is 80.2 Å². The Morgan fingerprint density at radius 1 is 1.15 bits per heavy atom. The number of hydrogen-bond donors (Lipinski definition) is 2. The number of nitrogens with zero attached hydrogens (tertiary/aromatic N) is 1. The quantitative estimate of drug-likeness (QED) is 0.267. The highest BCUT2D eigenvalue weighted by atomic mass is 35.5. The molecule has 2 N–H and O–H groups in total. The van der Waals surface area contributed by atoms with E-state index in [1.165, 1.54) is 0 Å². The molecule has 0 aliphatic rings. The van der Waals surface area contributed by atoms with E-state index in [0.717, 1.165) is 6.42 Å². The minimum Gasteiger partial charge on any atom is -0.491 e. The van der Waals surface area contributed by atoms with Gasteiger partial charge in [0.1, 0.15) is 11.3 Å². The van der Waals surface area contributed by atoms with Gasteiger partial charge in [-0.25, -0.2) is 4.98 Å². The maximum Gasteiger partial charge on any atom is 0.257 e. The van der Waals surface area contributed by atoms with Crippen molar-refractivity contribution in [3.63, 3.8) is 0 Å². The zero-order chi connectivity index (χ0) is 24.2. The molecule has 4 aromatic rings. The summed E-state index contributed by atoms with van der Waals surface area (Å²) in [6.45, 7) is 4.05. The number of rotatable bonds is 6. The minimum absolute atomic E-state index is 0.108. The summed E-state index contributed by atoms with van der Waals surface area (Å²) in [7, 11) is 0. The summed E-state index contributed by atoms with van der Waals surface area (Å²) < 4.78 is 11.6. The molecule has 0 bridgehead atoms. The SMILES string of the molecule is CC[C@@H](C)Oc1ccc(C(=O)NC(=S)Nc2cccc(-c3nc4cc(Cl)cc(Cl)c4o3)c2)cc1. The number of amides is 1. The molecule has 0 radical (unpaired) electrons. The average molecular weight is 514 g/mol. The van der Waals surface area contributed by atoms with E-state index in [1.807, 2.05) is 25.1 Å². The van der Waals surface area contributed by atoms with Crippen LogP contribution in [-0.2, 0) is 0 Å². The van der Waals surface area contributed by atoms with Gasteiger partial charge in [0.2, 0.25) is 5.89 Å². The molecule has 0 aliphatic carbocycles. The van der Waals surface area contributed by atoms with Gasteiger partial charge in [0.25, 0.3) is 5.91 Å². The van der Waals surface area contributed by atoms with Crippen LogP contribution in [0.1, 0.15) is 30.6 Å². The Kier molecular flexibility index (Phi) is 7.36. The maximum atomic E-state index is 12.6. The van der Waals surface area contributed by atoms with E-state index in [0.29, 0.717) is 49.6 Å². The first-order valence-corrected chi connectivity index (χ1v) is 11.7. The zero-order valence-corrected chi connectivity index (χ0v) is 20.7. The smallest absolute Gasteiger partial charge is 0.257 e. The van der Waals surface area contributed by atoms with Crippen LogP contribution in [0.25, 0.3) is 22.6 Å². The summed E-state index contributed by atoms with van der Waals surface area (Å²) in [6, 6.07) is 17.5. The van der Waals surface area contributed by atoms with Crippen LogP contribution in [-0.4, -0.2) is 22.1 Å². The second kappa shape index (κ2) is 10.4. The molecule has 3 aromatic carbocycles. The van der Waals surface area contributed by atoms with Crippen LogP contribution in [0.2, 0.25) is 10.0 Å². The van der Waals surface area contributed by atoms with Gasteiger partial charge in [-0.3, -0.25) is 10.1 Å². The van der Waals surface area contributed by atoms with Gasteiger partial charge in [0.05, 0.1) is 11.1 Å². The van der Waals surface area contributed by atoms with Gasteiger partial charge >= 0.3 is 0 Å². The van der Waals surface area contributed by atoms with Crippen LogP contribution in [0.15, 0.2) is 65.1 Å². The van der Waals surface area contributed by atoms with Gasteiger partial charge in [-0.15, -0.1) is 0 Å². The van der Waals surface area contributed by atoms with Crippen LogP contribution >= 0.6 is 35.4 Å². The molecule has 174 valence electrons. The number of thiocarbonyl (C=S) groups is 1. The fraction of sp³-hybridized carbons (Fsp3) is 0.160. The molecule has 0 aliphatic heterocycles. The van der Waals surface area contributed by atoms with Gasteiger partial charge in [-0.2, -0.15) is 0 Å². The van der Waals surface area contributed by atoms with E-state index in [9.17, 15) is 4.79 Å². The largest absolute Gasteiger partial charge is 0.491 e. The summed E-state index contributed by atoms with van der Waals surface area (Å²) in [5, 5.41) is 6.72. The molecule has 0 fully saturated rings. The van der Waals surface area contributed by atoms with E-state index < -0.39 is 0 Å². The minimum atomic E-state index is -0.325. The molecule has 0 saturated heterocycles. The first-order valence-electron chi connectivity index (χ1n) is 10.6. The molecule has 0 spiro atoms. The lowest BCUT2D eigenvalue weighted by molar-refractivity contribution is 0.0977. The summed E-state index contributed by atoms with van der Waals surface area (Å²) in [5.74, 6) is 0.776. The van der Waals surface area contributed by atoms with Crippen molar-refractivity contribution in [3.05, 3.63) is 76.3 Å². The molecular weight excluding hydrogens is 493 g/mol. The standard InChI is InChI=1S/C25H21Cl2N3O3S/c1-3-14(2)32-19-9-7-15(8-10-19)23(31)30-25(34)28-18-6-4-5-16(11-18)24-29-21-13-17(26)12-20(27)22(21)33-24/h4-14H,3H2,1-2H3,(H2,28,30,31,34)/t14-/m1/s1. The van der Waals surface area contributed by atoms with Gasteiger partial charge in [0.15, 0.2) is 10.7 Å². The van der Waals surface area contributed by atoms with Crippen molar-refractivity contribution in [2.45, 2.75) is 26.4 Å². The second-order valence-electron chi connectivity index (χ2n) is 7.61. The molecule has 34 heavy (non-hydrogen) atoms. The number of anilines is 1. The first kappa shape index (κ1) is 24.0. The van der Waals surface area contributed by atoms with Crippen molar-refractivity contribution >= 4 is 63.2 Å². The molecule has 1 amide bonds. The number of nitrogens with one attached hydrogen (secondary N) is 2. The lowest BCUT2D eigenvalue weighted by Crippen LogP contribution is -2.34. The van der Waals surface area contributed by atoms with Crippen molar-refractivity contribution in [2.75, 3.05) is 5.32 Å². The number of oxazole rings is 1. The third kappa shape index (κ3) is 5.67. The predicted octanol–water partition coefficient (Wildman–Crippen LogP) is 7.11. The monoisotopic (exact) mass is 513 g/mol. The summed E-state index contributed by atoms with van der Waals surface area (Å²) in [4.78, 5) is 17.0. The highest BCUT2D eigenvalue weighted by Crippen LogP contribution is 2.32. The lowest BCUT2D eigenvalue weighted by atomic mass is 10.2. The number of fused-ring (bicyclic) bond motifs is 1. The van der Waals surface area contributed by atoms with E-state index >= 15 is 0 Å². The van der Waals surface area contributed by atoms with Crippen LogP contribution in [0.3, 0.4) is 0 Å². The van der Waals surface area contributed by atoms with Crippen LogP contribution in [0, 0.1) is 0 Å². The fourth-order valence-corrected chi connectivity index (χ4v) is 3.88. The molecule has 1 heterocycles. The number of hydrogen-bond acceptors (Lipinski definition) is 5. The van der Waals surface area contributed by atoms with E-state index in [2.05, 4.69) is 22.5 Å². The summed E-state index contributed by atoms with van der Waals surface area (Å²) >= 11 is 17.6. The van der Waals surface area contributed by atoms with Crippen molar-refractivity contribution in [2.24, 2.45) is 0 Å². The zero-order valence-electron chi connectivity index (χ0n) is 18.4. The molecule has 6 nitrogen and oxygen atoms in total. The third-order valence-electron chi connectivity index (χ3n) is 5.03. The summed E-state index contributed by atoms with van der Waals surface area (Å²) in [5.41, 5.74) is 2.86. The topological polar surface area (TPSA) is 76.4 Å². The Balaban J connectivity index is 1.42. The predicted molar refractivity (Wildman–Crippen MR) is 140 cm³/mol. The van der Waals surface area contributed by atoms with Crippen molar-refractivity contribution in [3.8, 4) is 17.2 Å². The Morgan fingerprint density at radius 3 is 2.65 bits per heavy atom. The Bertz CT molecular complexity index is 1360. The number of aromatic nitrogens is 1. The molecule has 9 heteroatoms. The third-order valence-corrected chi connectivity index (χ3v) is 5.74. The number of ether oxygens (including phenoxy) is 1. The highest BCUT2D eigenvalue weighted by molar-refractivity contribution is 7.80. The fourth-order valence-electron chi connectivity index (χ4n) is 3.15. The molecule has 4 rings (SSSR count). The number of benzene rings is 3. The van der Waals surface area contributed by atoms with Crippen molar-refractivity contribution in [1.29, 1.82) is 0 Å². The highest BCUT2D eigenvalue weighted by Gasteiger charge is 2.14. The number of carbonyl (C=O) groups is 1. The summed E-state index contributed by atoms with van der Waals surface area (Å²) in [6.07, 6.45) is 1.01. The number of carbonyl (C=O) groups excluding carboxylic acids is 1. The van der Waals surface area contributed by atoms with Crippen LogP contribution < -0.4 is 15.4 Å². The number of halogens is 2. The van der Waals surface area contributed by atoms with Crippen molar-refractivity contribution in [1.82, 2.24) is 10.3 Å². The molecule has 0 saturated carbocycles. The van der Waals surface area contributed by atoms with E-state index in [1.54, 1.807) is 42.5 Å². The first-order chi connectivity index (χ1) is 16.3. The molecule has 0 unspecified atom stereocenters. The molecule has 1 aromatic heterocycles. The van der Waals surface area contributed by atoms with Gasteiger partial charge < -0.3 is 14.5 Å². The Labute approximate surface area is 212 Å². The second-order valence-corrected chi connectivity index (χ2v) is 8.86. The Morgan fingerprint density at radius 2 is 1.91 bits per heavy atom. The van der Waals surface area contributed by atoms with Gasteiger partial charge in [0, 0.05) is 21.8 Å². The Hall–Kier alpha value is -3.13. The lowest BCUT2D eigenvalue weighted by Gasteiger charge is -2.13. The van der Waals surface area contributed by atoms with Crippen molar-refractivity contribution < 1.29 is 13.9 Å². The van der Waals surface area contributed by atoms with Crippen LogP contribution in [0.4, 0.5) is 5.69 Å². The maximum absolute atomic E-state index is 12.6. The molecule has 1 atom stereocenters. The van der Waals surface area contributed by atoms with Gasteiger partial charge in [-0.1, -0.05) is 36.2 Å². The molecular formula is C25H21Cl2N3O3S. The van der Waals surface area contributed by atoms with E-state index in [-0.39, 0.29) is 17.1 Å². The van der Waals surface area contributed by atoms with E-state index in [4.69, 9.17) is 44.6 Å². The normalized spacial score (nSPS) is 11.8. The average Bonchev–Trinajstić information content (AvgIpc) is 3.24. The van der Waals surface area contributed by atoms with Crippen LogP contribution in [0.5, 0.6) is 5.75 Å².